The van der Waals surface area contributed by atoms with Crippen molar-refractivity contribution < 1.29 is 28.8 Å². The Balaban J connectivity index is 7.08. The van der Waals surface area contributed by atoms with Crippen LogP contribution in [-0.4, -0.2) is 54.0 Å². The Bertz CT molecular complexity index is 723. The van der Waals surface area contributed by atoms with Crippen molar-refractivity contribution in [1.29, 1.82) is 0 Å². The first-order valence-corrected chi connectivity index (χ1v) is 7.10. The van der Waals surface area contributed by atoms with Gasteiger partial charge in [0.25, 0.3) is 5.66 Å². The van der Waals surface area contributed by atoms with Crippen LogP contribution in [0.1, 0.15) is 32.6 Å². The molecule has 0 aliphatic carbocycles. The molecule has 0 saturated heterocycles. The van der Waals surface area contributed by atoms with Crippen LogP contribution in [0.5, 0.6) is 0 Å². The molecule has 1 atom stereocenters. The molecule has 0 spiro atoms. The van der Waals surface area contributed by atoms with Crippen LogP contribution >= 0.6 is 0 Å². The smallest absolute Gasteiger partial charge is 0.211 e. The van der Waals surface area contributed by atoms with E-state index in [2.05, 4.69) is 30.0 Å². The Morgan fingerprint density at radius 1 is 0.692 bits per heavy atom. The van der Waals surface area contributed by atoms with E-state index in [1.165, 1.54) is 6.08 Å². The minimum Gasteiger partial charge on any atom is -0.211 e. The normalized spacial score (nSPS) is 14.7. The molecule has 1 unspecified atom stereocenters. The number of carbonyl (C=O) groups excluding carboxylic acids is 6. The number of aliphatic imine (C=N–C) groups is 6. The highest BCUT2D eigenvalue weighted by molar-refractivity contribution is 5.49. The maximum Gasteiger partial charge on any atom is 0.326 e. The predicted octanol–water partition coefficient (Wildman–Crippen LogP) is 0.300. The van der Waals surface area contributed by atoms with Gasteiger partial charge < -0.3 is 0 Å². The maximum absolute atomic E-state index is 11.0. The summed E-state index contributed by atoms with van der Waals surface area (Å²) < 4.78 is 0. The van der Waals surface area contributed by atoms with E-state index in [1.807, 2.05) is 6.92 Å². The van der Waals surface area contributed by atoms with E-state index in [0.29, 0.717) is 12.8 Å². The highest BCUT2D eigenvalue weighted by atomic mass is 16.1. The molecule has 0 aromatic rings. The minimum atomic E-state index is -2.94. The standard InChI is InChI=1S/C14H12N6O6/c1-2-3-4-5-12(15-6-21)13(16-7-22,17-8-23)14(18-9-24,19-10-25)20-11-26/h12H,2-5H2,1H3. The Morgan fingerprint density at radius 2 is 1.15 bits per heavy atom. The SMILES string of the molecule is CCCCCC(N=C=O)C(N=C=O)(N=C=O)C(N=C=O)(N=C=O)N=C=O. The molecule has 12 nitrogen and oxygen atoms in total. The van der Waals surface area contributed by atoms with E-state index >= 15 is 0 Å². The molecule has 0 aromatic carbocycles. The van der Waals surface area contributed by atoms with Gasteiger partial charge in [-0.1, -0.05) is 26.2 Å². The van der Waals surface area contributed by atoms with E-state index in [0.717, 1.165) is 36.8 Å². The number of hydrogen-bond donors (Lipinski definition) is 0. The Hall–Kier alpha value is -3.72. The van der Waals surface area contributed by atoms with Crippen molar-refractivity contribution in [2.24, 2.45) is 30.0 Å². The molecule has 0 heterocycles. The van der Waals surface area contributed by atoms with Crippen molar-refractivity contribution in [2.75, 3.05) is 0 Å². The second-order valence-corrected chi connectivity index (χ2v) is 4.61. The van der Waals surface area contributed by atoms with Gasteiger partial charge in [-0.05, 0) is 6.42 Å². The van der Waals surface area contributed by atoms with Crippen molar-refractivity contribution in [3.63, 3.8) is 0 Å². The van der Waals surface area contributed by atoms with Gasteiger partial charge in [0, 0.05) is 0 Å². The van der Waals surface area contributed by atoms with Crippen molar-refractivity contribution in [3.05, 3.63) is 0 Å². The molecule has 12 heteroatoms. The lowest BCUT2D eigenvalue weighted by Gasteiger charge is -2.34. The average molecular weight is 360 g/mol. The molecule has 0 rings (SSSR count). The van der Waals surface area contributed by atoms with Crippen molar-refractivity contribution in [3.8, 4) is 0 Å². The fraction of sp³-hybridized carbons (Fsp3) is 0.571. The zero-order valence-electron chi connectivity index (χ0n) is 13.5. The fourth-order valence-corrected chi connectivity index (χ4v) is 2.21. The van der Waals surface area contributed by atoms with Gasteiger partial charge in [-0.3, -0.25) is 0 Å². The summed E-state index contributed by atoms with van der Waals surface area (Å²) in [6.07, 6.45) is 7.91. The number of isocyanates is 6. The monoisotopic (exact) mass is 360 g/mol. The quantitative estimate of drug-likeness (QED) is 0.274. The van der Waals surface area contributed by atoms with Crippen LogP contribution in [0.25, 0.3) is 0 Å². The van der Waals surface area contributed by atoms with Gasteiger partial charge in [0.15, 0.2) is 0 Å². The number of unbranched alkanes of at least 4 members (excludes halogenated alkanes) is 2. The van der Waals surface area contributed by atoms with E-state index < -0.39 is 17.5 Å². The summed E-state index contributed by atoms with van der Waals surface area (Å²) in [5.41, 5.74) is -2.73. The van der Waals surface area contributed by atoms with Crippen LogP contribution in [0.2, 0.25) is 0 Å². The molecule has 0 aliphatic heterocycles. The zero-order chi connectivity index (χ0) is 19.9. The van der Waals surface area contributed by atoms with Gasteiger partial charge in [0.05, 0.1) is 0 Å². The first-order chi connectivity index (χ1) is 12.6. The minimum absolute atomic E-state index is 0.0572. The van der Waals surface area contributed by atoms with Crippen molar-refractivity contribution >= 4 is 36.5 Å². The molecular formula is C14H12N6O6. The Morgan fingerprint density at radius 3 is 1.50 bits per heavy atom. The predicted molar refractivity (Wildman–Crippen MR) is 82.1 cm³/mol. The average Bonchev–Trinajstić information content (AvgIpc) is 2.61. The van der Waals surface area contributed by atoms with Crippen LogP contribution < -0.4 is 0 Å². The summed E-state index contributed by atoms with van der Waals surface area (Å²) in [5.74, 6) is -2.94. The van der Waals surface area contributed by atoms with Crippen LogP contribution in [0, 0.1) is 0 Å². The third kappa shape index (κ3) is 4.89. The van der Waals surface area contributed by atoms with Crippen LogP contribution in [0.3, 0.4) is 0 Å². The van der Waals surface area contributed by atoms with Gasteiger partial charge >= 0.3 is 5.79 Å². The molecule has 0 aliphatic rings. The van der Waals surface area contributed by atoms with E-state index in [9.17, 15) is 28.8 Å². The van der Waals surface area contributed by atoms with Crippen LogP contribution in [0.15, 0.2) is 30.0 Å². The van der Waals surface area contributed by atoms with E-state index in [-0.39, 0.29) is 6.42 Å². The maximum atomic E-state index is 11.0. The summed E-state index contributed by atoms with van der Waals surface area (Å²) in [6.45, 7) is 1.87. The Labute approximate surface area is 146 Å². The summed E-state index contributed by atoms with van der Waals surface area (Å²) >= 11 is 0. The third-order valence-corrected chi connectivity index (χ3v) is 3.28. The molecular weight excluding hydrogens is 348 g/mol. The fourth-order valence-electron chi connectivity index (χ4n) is 2.21. The zero-order valence-corrected chi connectivity index (χ0v) is 13.5. The third-order valence-electron chi connectivity index (χ3n) is 3.28. The molecule has 26 heavy (non-hydrogen) atoms. The van der Waals surface area contributed by atoms with Gasteiger partial charge in [0.1, 0.15) is 6.04 Å². The summed E-state index contributed by atoms with van der Waals surface area (Å²) in [5, 5.41) is 0. The second-order valence-electron chi connectivity index (χ2n) is 4.61. The summed E-state index contributed by atoms with van der Waals surface area (Å²) in [7, 11) is 0. The lowest BCUT2D eigenvalue weighted by atomic mass is 9.89. The molecule has 0 N–H and O–H groups in total. The lowest BCUT2D eigenvalue weighted by molar-refractivity contribution is 0.199. The van der Waals surface area contributed by atoms with Gasteiger partial charge in [-0.15, -0.1) is 15.0 Å². The number of nitrogens with zero attached hydrogens (tertiary/aromatic N) is 6. The van der Waals surface area contributed by atoms with E-state index in [4.69, 9.17) is 0 Å². The molecule has 0 aromatic heterocycles. The molecule has 0 saturated carbocycles. The van der Waals surface area contributed by atoms with Gasteiger partial charge in [-0.25, -0.2) is 28.8 Å². The van der Waals surface area contributed by atoms with Gasteiger partial charge in [-0.2, -0.15) is 15.0 Å². The van der Waals surface area contributed by atoms with Gasteiger partial charge in [0.2, 0.25) is 36.5 Å². The topological polar surface area (TPSA) is 177 Å². The van der Waals surface area contributed by atoms with Crippen LogP contribution in [-0.2, 0) is 28.8 Å². The molecule has 0 fully saturated rings. The summed E-state index contributed by atoms with van der Waals surface area (Å²) in [6, 6.07) is -1.53. The first kappa shape index (κ1) is 22.3. The highest BCUT2D eigenvalue weighted by Crippen LogP contribution is 2.40. The molecule has 0 bridgehead atoms. The van der Waals surface area contributed by atoms with E-state index in [1.54, 1.807) is 0 Å². The molecule has 0 radical (unpaired) electrons. The molecule has 134 valence electrons. The lowest BCUT2D eigenvalue weighted by Crippen LogP contribution is -2.55. The number of rotatable bonds is 12. The number of hydrogen-bond acceptors (Lipinski definition) is 12. The summed E-state index contributed by atoms with van der Waals surface area (Å²) in [4.78, 5) is 84.3. The second kappa shape index (κ2) is 11.8. The Kier molecular flexibility index (Phi) is 10.1. The first-order valence-electron chi connectivity index (χ1n) is 7.10. The van der Waals surface area contributed by atoms with Crippen LogP contribution in [0.4, 0.5) is 0 Å². The van der Waals surface area contributed by atoms with Crippen molar-refractivity contribution in [1.82, 2.24) is 0 Å². The highest BCUT2D eigenvalue weighted by Gasteiger charge is 2.60. The van der Waals surface area contributed by atoms with Crippen molar-refractivity contribution in [2.45, 2.75) is 50.1 Å². The molecule has 0 amide bonds. The largest absolute Gasteiger partial charge is 0.326 e.